The smallest absolute Gasteiger partial charge is 0.251 e. The molecule has 150 valence electrons. The molecule has 1 unspecified atom stereocenters. The molecular weight excluding hydrogens is 376 g/mol. The summed E-state index contributed by atoms with van der Waals surface area (Å²) in [5.41, 5.74) is -0.00379. The van der Waals surface area contributed by atoms with Crippen LogP contribution in [0.1, 0.15) is 55.8 Å². The molecule has 1 fully saturated rings. The Labute approximate surface area is 166 Å². The molecule has 2 aliphatic rings. The molecule has 0 spiro atoms. The first-order valence-electron chi connectivity index (χ1n) is 9.66. The maximum Gasteiger partial charge on any atom is 0.251 e. The van der Waals surface area contributed by atoms with Gasteiger partial charge in [-0.25, -0.2) is 8.42 Å². The molecule has 3 rings (SSSR count). The zero-order chi connectivity index (χ0) is 20.2. The van der Waals surface area contributed by atoms with Gasteiger partial charge in [-0.15, -0.1) is 12.3 Å². The molecule has 1 atom stereocenters. The minimum absolute atomic E-state index is 0.00164. The number of terminal acetylenes is 1. The third-order valence-electron chi connectivity index (χ3n) is 5.33. The number of piperidine rings is 1. The molecule has 0 aliphatic carbocycles. The van der Waals surface area contributed by atoms with Crippen LogP contribution in [0.3, 0.4) is 0 Å². The van der Waals surface area contributed by atoms with E-state index >= 15 is 0 Å². The van der Waals surface area contributed by atoms with Crippen molar-refractivity contribution in [2.24, 2.45) is 10.2 Å². The van der Waals surface area contributed by atoms with Gasteiger partial charge in [0.1, 0.15) is 0 Å². The van der Waals surface area contributed by atoms with E-state index in [2.05, 4.69) is 21.5 Å². The van der Waals surface area contributed by atoms with E-state index < -0.39 is 15.7 Å². The summed E-state index contributed by atoms with van der Waals surface area (Å²) in [6.07, 6.45) is 9.98. The van der Waals surface area contributed by atoms with E-state index in [-0.39, 0.29) is 16.8 Å². The predicted molar refractivity (Wildman–Crippen MR) is 106 cm³/mol. The number of nitrogens with one attached hydrogen (secondary N) is 1. The van der Waals surface area contributed by atoms with Gasteiger partial charge >= 0.3 is 0 Å². The standard InChI is InChI=1S/C20H26N4O3S/c1-3-4-12-20(22-23-20)13-14-21-19(25)17-8-10-18(11-9-17)28(26,27)24-15-6-5-7-16(24)2/h1,8-11,16H,4-7,12-15H2,2H3,(H,21,25). The SMILES string of the molecule is C#CCCC1(CCNC(=O)c2ccc(S(=O)(=O)N3CCCCC3C)cc2)N=N1. The van der Waals surface area contributed by atoms with Crippen molar-refractivity contribution in [3.05, 3.63) is 29.8 Å². The summed E-state index contributed by atoms with van der Waals surface area (Å²) in [5.74, 6) is 2.33. The van der Waals surface area contributed by atoms with Gasteiger partial charge in [-0.2, -0.15) is 14.5 Å². The summed E-state index contributed by atoms with van der Waals surface area (Å²) in [5, 5.41) is 10.9. The number of nitrogens with zero attached hydrogens (tertiary/aromatic N) is 3. The van der Waals surface area contributed by atoms with Crippen molar-refractivity contribution in [3.63, 3.8) is 0 Å². The summed E-state index contributed by atoms with van der Waals surface area (Å²) >= 11 is 0. The fourth-order valence-corrected chi connectivity index (χ4v) is 5.19. The van der Waals surface area contributed by atoms with Gasteiger partial charge in [-0.1, -0.05) is 6.42 Å². The van der Waals surface area contributed by atoms with Crippen LogP contribution in [0.5, 0.6) is 0 Å². The van der Waals surface area contributed by atoms with E-state index in [1.807, 2.05) is 6.92 Å². The molecule has 2 heterocycles. The number of hydrogen-bond acceptors (Lipinski definition) is 5. The normalized spacial score (nSPS) is 21.1. The molecule has 1 N–H and O–H groups in total. The zero-order valence-electron chi connectivity index (χ0n) is 16.1. The maximum absolute atomic E-state index is 12.8. The number of hydrogen-bond donors (Lipinski definition) is 1. The van der Waals surface area contributed by atoms with Gasteiger partial charge in [0.05, 0.1) is 4.90 Å². The van der Waals surface area contributed by atoms with Gasteiger partial charge in [-0.3, -0.25) is 4.79 Å². The van der Waals surface area contributed by atoms with Crippen LogP contribution in [0.25, 0.3) is 0 Å². The van der Waals surface area contributed by atoms with Crippen molar-refractivity contribution >= 4 is 15.9 Å². The first-order chi connectivity index (χ1) is 13.4. The Morgan fingerprint density at radius 3 is 2.61 bits per heavy atom. The van der Waals surface area contributed by atoms with Crippen molar-refractivity contribution in [1.82, 2.24) is 9.62 Å². The average Bonchev–Trinajstić information content (AvgIpc) is 3.46. The topological polar surface area (TPSA) is 91.2 Å². The lowest BCUT2D eigenvalue weighted by Gasteiger charge is -2.32. The van der Waals surface area contributed by atoms with Gasteiger partial charge in [0.2, 0.25) is 10.0 Å². The van der Waals surface area contributed by atoms with E-state index in [0.29, 0.717) is 37.9 Å². The summed E-state index contributed by atoms with van der Waals surface area (Å²) in [7, 11) is -3.53. The fourth-order valence-electron chi connectivity index (χ4n) is 3.49. The lowest BCUT2D eigenvalue weighted by molar-refractivity contribution is 0.0951. The lowest BCUT2D eigenvalue weighted by Crippen LogP contribution is -2.41. The van der Waals surface area contributed by atoms with Gasteiger partial charge in [0.25, 0.3) is 5.91 Å². The highest BCUT2D eigenvalue weighted by Gasteiger charge is 2.38. The lowest BCUT2D eigenvalue weighted by atomic mass is 10.0. The van der Waals surface area contributed by atoms with Crippen LogP contribution in [0.4, 0.5) is 0 Å². The quantitative estimate of drug-likeness (QED) is 0.678. The highest BCUT2D eigenvalue weighted by atomic mass is 32.2. The third kappa shape index (κ3) is 4.59. The van der Waals surface area contributed by atoms with Crippen LogP contribution >= 0.6 is 0 Å². The molecule has 1 aromatic carbocycles. The van der Waals surface area contributed by atoms with E-state index in [1.165, 1.54) is 12.1 Å². The average molecular weight is 403 g/mol. The summed E-state index contributed by atoms with van der Waals surface area (Å²) in [6, 6.07) is 6.12. The van der Waals surface area contributed by atoms with Gasteiger partial charge in [0.15, 0.2) is 5.66 Å². The van der Waals surface area contributed by atoms with Crippen LogP contribution in [0.15, 0.2) is 39.4 Å². The second kappa shape index (κ2) is 8.41. The largest absolute Gasteiger partial charge is 0.352 e. The Balaban J connectivity index is 1.56. The monoisotopic (exact) mass is 402 g/mol. The molecule has 1 aromatic rings. The highest BCUT2D eigenvalue weighted by molar-refractivity contribution is 7.89. The number of amides is 1. The first kappa shape index (κ1) is 20.5. The number of carbonyl (C=O) groups is 1. The summed E-state index contributed by atoms with van der Waals surface area (Å²) < 4.78 is 27.2. The molecule has 0 aromatic heterocycles. The Morgan fingerprint density at radius 1 is 1.29 bits per heavy atom. The fraction of sp³-hybridized carbons (Fsp3) is 0.550. The molecule has 1 amide bonds. The molecule has 0 saturated carbocycles. The van der Waals surface area contributed by atoms with Crippen LogP contribution in [-0.2, 0) is 10.0 Å². The minimum atomic E-state index is -3.53. The number of carbonyl (C=O) groups excluding carboxylic acids is 1. The van der Waals surface area contributed by atoms with Crippen molar-refractivity contribution in [2.45, 2.75) is 62.0 Å². The predicted octanol–water partition coefficient (Wildman–Crippen LogP) is 2.95. The zero-order valence-corrected chi connectivity index (χ0v) is 16.9. The second-order valence-corrected chi connectivity index (χ2v) is 9.27. The number of benzene rings is 1. The van der Waals surface area contributed by atoms with Crippen molar-refractivity contribution in [1.29, 1.82) is 0 Å². The maximum atomic E-state index is 12.8. The highest BCUT2D eigenvalue weighted by Crippen LogP contribution is 2.36. The molecular formula is C20H26N4O3S. The van der Waals surface area contributed by atoms with E-state index in [4.69, 9.17) is 6.42 Å². The Bertz CT molecular complexity index is 881. The van der Waals surface area contributed by atoms with Crippen LogP contribution in [0, 0.1) is 12.3 Å². The molecule has 7 nitrogen and oxygen atoms in total. The summed E-state index contributed by atoms with van der Waals surface area (Å²) in [6.45, 7) is 2.92. The van der Waals surface area contributed by atoms with Crippen LogP contribution in [-0.4, -0.2) is 43.4 Å². The van der Waals surface area contributed by atoms with Gasteiger partial charge < -0.3 is 5.32 Å². The van der Waals surface area contributed by atoms with E-state index in [1.54, 1.807) is 16.4 Å². The van der Waals surface area contributed by atoms with Crippen molar-refractivity contribution in [3.8, 4) is 12.3 Å². The van der Waals surface area contributed by atoms with Crippen LogP contribution in [0.2, 0.25) is 0 Å². The summed E-state index contributed by atoms with van der Waals surface area (Å²) in [4.78, 5) is 12.5. The molecule has 0 radical (unpaired) electrons. The molecule has 2 aliphatic heterocycles. The molecule has 28 heavy (non-hydrogen) atoms. The number of sulfonamides is 1. The Hall–Kier alpha value is -2.24. The number of rotatable bonds is 8. The minimum Gasteiger partial charge on any atom is -0.352 e. The third-order valence-corrected chi connectivity index (χ3v) is 7.36. The molecule has 8 heteroatoms. The van der Waals surface area contributed by atoms with E-state index in [9.17, 15) is 13.2 Å². The van der Waals surface area contributed by atoms with E-state index in [0.717, 1.165) is 19.3 Å². The first-order valence-corrected chi connectivity index (χ1v) is 11.1. The Morgan fingerprint density at radius 2 is 2.00 bits per heavy atom. The van der Waals surface area contributed by atoms with Gasteiger partial charge in [-0.05, 0) is 44.0 Å². The van der Waals surface area contributed by atoms with Crippen LogP contribution < -0.4 is 5.32 Å². The van der Waals surface area contributed by atoms with Crippen molar-refractivity contribution < 1.29 is 13.2 Å². The Kier molecular flexibility index (Phi) is 6.16. The molecule has 0 bridgehead atoms. The van der Waals surface area contributed by atoms with Crippen molar-refractivity contribution in [2.75, 3.05) is 13.1 Å². The molecule has 1 saturated heterocycles. The second-order valence-electron chi connectivity index (χ2n) is 7.38. The van der Waals surface area contributed by atoms with Gasteiger partial charge in [0, 0.05) is 44.0 Å².